The van der Waals surface area contributed by atoms with E-state index in [-0.39, 0.29) is 17.3 Å². The molecule has 3 aromatic rings. The topological polar surface area (TPSA) is 59.8 Å². The van der Waals surface area contributed by atoms with Crippen molar-refractivity contribution < 1.29 is 9.18 Å². The van der Waals surface area contributed by atoms with Crippen LogP contribution >= 0.6 is 35.0 Å². The van der Waals surface area contributed by atoms with Crippen LogP contribution in [0.3, 0.4) is 0 Å². The first kappa shape index (κ1) is 19.7. The second kappa shape index (κ2) is 8.73. The first-order valence-corrected chi connectivity index (χ1v) is 9.79. The Morgan fingerprint density at radius 2 is 1.96 bits per heavy atom. The average Bonchev–Trinajstić information content (AvgIpc) is 3.07. The lowest BCUT2D eigenvalue weighted by Gasteiger charge is -2.08. The lowest BCUT2D eigenvalue weighted by molar-refractivity contribution is -0.113. The van der Waals surface area contributed by atoms with Gasteiger partial charge in [-0.05, 0) is 37.3 Å². The summed E-state index contributed by atoms with van der Waals surface area (Å²) in [4.78, 5) is 12.1. The number of rotatable bonds is 6. The Labute approximate surface area is 169 Å². The van der Waals surface area contributed by atoms with Crippen LogP contribution in [0.25, 0.3) is 11.4 Å². The van der Waals surface area contributed by atoms with E-state index in [1.54, 1.807) is 24.3 Å². The average molecular weight is 425 g/mol. The van der Waals surface area contributed by atoms with Gasteiger partial charge < -0.3 is 9.88 Å². The third kappa shape index (κ3) is 4.61. The van der Waals surface area contributed by atoms with Crippen molar-refractivity contribution in [2.24, 2.45) is 0 Å². The molecule has 0 bridgehead atoms. The van der Waals surface area contributed by atoms with E-state index in [1.807, 2.05) is 17.6 Å². The first-order valence-electron chi connectivity index (χ1n) is 8.05. The minimum absolute atomic E-state index is 0.0772. The molecule has 5 nitrogen and oxygen atoms in total. The third-order valence-corrected chi connectivity index (χ3v) is 5.40. The number of nitrogens with one attached hydrogen (secondary N) is 1. The zero-order valence-electron chi connectivity index (χ0n) is 14.2. The Morgan fingerprint density at radius 1 is 1.19 bits per heavy atom. The molecule has 0 atom stereocenters. The molecule has 0 unspecified atom stereocenters. The summed E-state index contributed by atoms with van der Waals surface area (Å²) < 4.78 is 15.5. The molecule has 0 aliphatic carbocycles. The third-order valence-electron chi connectivity index (χ3n) is 3.69. The number of carbonyl (C=O) groups is 1. The molecule has 2 aromatic carbocycles. The summed E-state index contributed by atoms with van der Waals surface area (Å²) in [6.45, 7) is 2.56. The van der Waals surface area contributed by atoms with Gasteiger partial charge in [-0.1, -0.05) is 47.1 Å². The van der Waals surface area contributed by atoms with Gasteiger partial charge in [-0.25, -0.2) is 4.39 Å². The predicted octanol–water partition coefficient (Wildman–Crippen LogP) is 5.14. The number of aromatic nitrogens is 3. The minimum Gasteiger partial charge on any atom is -0.323 e. The van der Waals surface area contributed by atoms with E-state index >= 15 is 0 Å². The molecule has 0 radical (unpaired) electrons. The van der Waals surface area contributed by atoms with Crippen LogP contribution in [0.1, 0.15) is 6.92 Å². The van der Waals surface area contributed by atoms with Gasteiger partial charge in [0.2, 0.25) is 5.91 Å². The molecule has 3 rings (SSSR count). The summed E-state index contributed by atoms with van der Waals surface area (Å²) in [5.41, 5.74) is 0.929. The number of thioether (sulfide) groups is 1. The first-order chi connectivity index (χ1) is 13.0. The quantitative estimate of drug-likeness (QED) is 0.556. The van der Waals surface area contributed by atoms with E-state index in [0.29, 0.717) is 27.6 Å². The van der Waals surface area contributed by atoms with Crippen molar-refractivity contribution in [1.82, 2.24) is 14.8 Å². The van der Waals surface area contributed by atoms with E-state index < -0.39 is 5.82 Å². The minimum atomic E-state index is -0.477. The molecule has 0 aliphatic heterocycles. The highest BCUT2D eigenvalue weighted by Gasteiger charge is 2.16. The lowest BCUT2D eigenvalue weighted by atomic mass is 10.2. The maximum Gasteiger partial charge on any atom is 0.234 e. The predicted molar refractivity (Wildman–Crippen MR) is 107 cm³/mol. The molecule has 0 aliphatic rings. The number of carbonyl (C=O) groups excluding carboxylic acids is 1. The van der Waals surface area contributed by atoms with Gasteiger partial charge in [0.1, 0.15) is 5.82 Å². The van der Waals surface area contributed by atoms with Crippen LogP contribution < -0.4 is 5.32 Å². The molecule has 1 aromatic heterocycles. The van der Waals surface area contributed by atoms with Crippen LogP contribution in [0.2, 0.25) is 10.0 Å². The highest BCUT2D eigenvalue weighted by Crippen LogP contribution is 2.29. The summed E-state index contributed by atoms with van der Waals surface area (Å²) >= 11 is 13.3. The Hall–Kier alpha value is -2.09. The van der Waals surface area contributed by atoms with Crippen molar-refractivity contribution >= 4 is 46.6 Å². The van der Waals surface area contributed by atoms with Gasteiger partial charge >= 0.3 is 0 Å². The van der Waals surface area contributed by atoms with Crippen molar-refractivity contribution in [3.05, 3.63) is 58.3 Å². The number of amides is 1. The van der Waals surface area contributed by atoms with E-state index in [0.717, 1.165) is 5.56 Å². The Balaban J connectivity index is 1.72. The zero-order chi connectivity index (χ0) is 19.4. The number of anilines is 1. The molecule has 27 heavy (non-hydrogen) atoms. The number of hydrogen-bond donors (Lipinski definition) is 1. The largest absolute Gasteiger partial charge is 0.323 e. The summed E-state index contributed by atoms with van der Waals surface area (Å²) in [6, 6.07) is 11.2. The molecule has 1 heterocycles. The highest BCUT2D eigenvalue weighted by atomic mass is 35.5. The van der Waals surface area contributed by atoms with E-state index in [9.17, 15) is 9.18 Å². The Morgan fingerprint density at radius 3 is 2.67 bits per heavy atom. The maximum absolute atomic E-state index is 13.6. The lowest BCUT2D eigenvalue weighted by Crippen LogP contribution is -2.15. The fourth-order valence-corrected chi connectivity index (χ4v) is 3.51. The smallest absolute Gasteiger partial charge is 0.234 e. The fourth-order valence-electron chi connectivity index (χ4n) is 2.41. The van der Waals surface area contributed by atoms with Crippen molar-refractivity contribution in [2.75, 3.05) is 11.1 Å². The van der Waals surface area contributed by atoms with Crippen LogP contribution in [0.15, 0.2) is 47.6 Å². The number of halogens is 3. The number of nitrogens with zero attached hydrogens (tertiary/aromatic N) is 3. The molecule has 0 saturated heterocycles. The van der Waals surface area contributed by atoms with E-state index in [4.69, 9.17) is 23.2 Å². The maximum atomic E-state index is 13.6. The van der Waals surface area contributed by atoms with Crippen LogP contribution in [-0.4, -0.2) is 26.4 Å². The summed E-state index contributed by atoms with van der Waals surface area (Å²) in [6.07, 6.45) is 0. The molecule has 0 saturated carbocycles. The van der Waals surface area contributed by atoms with Crippen molar-refractivity contribution in [3.63, 3.8) is 0 Å². The Kier molecular flexibility index (Phi) is 6.36. The zero-order valence-corrected chi connectivity index (χ0v) is 16.6. The van der Waals surface area contributed by atoms with E-state index in [1.165, 1.54) is 23.9 Å². The number of hydrogen-bond acceptors (Lipinski definition) is 4. The van der Waals surface area contributed by atoms with Gasteiger partial charge in [0, 0.05) is 12.1 Å². The van der Waals surface area contributed by atoms with Crippen LogP contribution in [0.5, 0.6) is 0 Å². The molecule has 1 amide bonds. The molecular weight excluding hydrogens is 410 g/mol. The molecule has 0 spiro atoms. The summed E-state index contributed by atoms with van der Waals surface area (Å²) in [5.74, 6) is -0.0946. The number of benzene rings is 2. The second-order valence-electron chi connectivity index (χ2n) is 5.50. The van der Waals surface area contributed by atoms with Gasteiger partial charge in [-0.2, -0.15) is 0 Å². The SMILES string of the molecule is CCn1c(SCC(=O)Nc2ccccc2F)nnc1-c1ccc(Cl)c(Cl)c1. The molecule has 0 fully saturated rings. The van der Waals surface area contributed by atoms with Crippen LogP contribution in [-0.2, 0) is 11.3 Å². The molecule has 9 heteroatoms. The second-order valence-corrected chi connectivity index (χ2v) is 7.25. The van der Waals surface area contributed by atoms with E-state index in [2.05, 4.69) is 15.5 Å². The van der Waals surface area contributed by atoms with Crippen LogP contribution in [0, 0.1) is 5.82 Å². The molecule has 1 N–H and O–H groups in total. The van der Waals surface area contributed by atoms with Gasteiger partial charge in [0.25, 0.3) is 0 Å². The summed E-state index contributed by atoms with van der Waals surface area (Å²) in [5, 5.41) is 12.4. The highest BCUT2D eigenvalue weighted by molar-refractivity contribution is 7.99. The Bertz CT molecular complexity index is 980. The fraction of sp³-hybridized carbons (Fsp3) is 0.167. The summed E-state index contributed by atoms with van der Waals surface area (Å²) in [7, 11) is 0. The van der Waals surface area contributed by atoms with Gasteiger partial charge in [0.15, 0.2) is 11.0 Å². The molecule has 140 valence electrons. The molecular formula is C18H15Cl2FN4OS. The van der Waals surface area contributed by atoms with Gasteiger partial charge in [-0.3, -0.25) is 4.79 Å². The van der Waals surface area contributed by atoms with Crippen molar-refractivity contribution in [3.8, 4) is 11.4 Å². The van der Waals surface area contributed by atoms with Crippen LogP contribution in [0.4, 0.5) is 10.1 Å². The van der Waals surface area contributed by atoms with Crippen molar-refractivity contribution in [2.45, 2.75) is 18.6 Å². The normalized spacial score (nSPS) is 10.8. The standard InChI is InChI=1S/C18H15Cl2FN4OS/c1-2-25-17(11-7-8-12(19)13(20)9-11)23-24-18(25)27-10-16(26)22-15-6-4-3-5-14(15)21/h3-9H,2,10H2,1H3,(H,22,26). The number of para-hydroxylation sites is 1. The van der Waals surface area contributed by atoms with Crippen molar-refractivity contribution in [1.29, 1.82) is 0 Å². The van der Waals surface area contributed by atoms with Gasteiger partial charge in [-0.15, -0.1) is 10.2 Å². The van der Waals surface area contributed by atoms with Gasteiger partial charge in [0.05, 0.1) is 21.5 Å². The monoisotopic (exact) mass is 424 g/mol.